The molecular weight excluding hydrogens is 262 g/mol. The Balaban J connectivity index is 2.02. The quantitative estimate of drug-likeness (QED) is 0.849. The summed E-state index contributed by atoms with van der Waals surface area (Å²) in [6.45, 7) is 2.60. The Morgan fingerprint density at radius 2 is 2.11 bits per heavy atom. The van der Waals surface area contributed by atoms with Gasteiger partial charge < -0.3 is 4.42 Å². The summed E-state index contributed by atoms with van der Waals surface area (Å²) in [5.74, 6) is 0. The molecule has 1 aromatic carbocycles. The third-order valence-corrected chi connectivity index (χ3v) is 5.78. The maximum absolute atomic E-state index is 12.7. The summed E-state index contributed by atoms with van der Waals surface area (Å²) < 4.78 is 32.2. The molecule has 2 heterocycles. The lowest BCUT2D eigenvalue weighted by Gasteiger charge is -2.32. The fourth-order valence-electron chi connectivity index (χ4n) is 2.67. The second-order valence-corrected chi connectivity index (χ2v) is 6.97. The minimum Gasteiger partial charge on any atom is -0.464 e. The fourth-order valence-corrected chi connectivity index (χ4v) is 4.40. The van der Waals surface area contributed by atoms with Crippen molar-refractivity contribution < 1.29 is 12.8 Å². The predicted octanol–water partition coefficient (Wildman–Crippen LogP) is 3.00. The molecule has 0 radical (unpaired) electrons. The van der Waals surface area contributed by atoms with Crippen LogP contribution in [0.2, 0.25) is 0 Å². The molecule has 0 amide bonds. The summed E-state index contributed by atoms with van der Waals surface area (Å²) in [4.78, 5) is 0.357. The molecule has 1 unspecified atom stereocenters. The maximum atomic E-state index is 12.7. The molecule has 0 saturated carbocycles. The first-order valence-corrected chi connectivity index (χ1v) is 8.02. The first-order chi connectivity index (χ1) is 9.09. The maximum Gasteiger partial charge on any atom is 0.243 e. The van der Waals surface area contributed by atoms with Crippen molar-refractivity contribution in [2.75, 3.05) is 6.54 Å². The monoisotopic (exact) mass is 279 g/mol. The van der Waals surface area contributed by atoms with Crippen molar-refractivity contribution in [3.8, 4) is 0 Å². The Bertz CT molecular complexity index is 690. The van der Waals surface area contributed by atoms with Gasteiger partial charge in [0.15, 0.2) is 0 Å². The molecule has 102 valence electrons. The third-order valence-electron chi connectivity index (χ3n) is 3.77. The van der Waals surface area contributed by atoms with Crippen LogP contribution in [0.25, 0.3) is 11.0 Å². The number of fused-ring (bicyclic) bond motifs is 1. The summed E-state index contributed by atoms with van der Waals surface area (Å²) in [5, 5.41) is 0.825. The second kappa shape index (κ2) is 4.65. The van der Waals surface area contributed by atoms with E-state index < -0.39 is 10.0 Å². The van der Waals surface area contributed by atoms with Crippen LogP contribution in [-0.2, 0) is 10.0 Å². The van der Waals surface area contributed by atoms with Crippen LogP contribution in [0.3, 0.4) is 0 Å². The first kappa shape index (κ1) is 12.7. The minimum absolute atomic E-state index is 0.0822. The van der Waals surface area contributed by atoms with E-state index >= 15 is 0 Å². The van der Waals surface area contributed by atoms with Crippen molar-refractivity contribution in [2.24, 2.45) is 0 Å². The zero-order valence-electron chi connectivity index (χ0n) is 10.9. The molecule has 19 heavy (non-hydrogen) atoms. The predicted molar refractivity (Wildman–Crippen MR) is 73.4 cm³/mol. The van der Waals surface area contributed by atoms with Crippen molar-refractivity contribution in [3.05, 3.63) is 30.5 Å². The van der Waals surface area contributed by atoms with Crippen LogP contribution in [0.15, 0.2) is 39.8 Å². The van der Waals surface area contributed by atoms with Crippen molar-refractivity contribution in [1.29, 1.82) is 0 Å². The van der Waals surface area contributed by atoms with E-state index in [2.05, 4.69) is 0 Å². The summed E-state index contributed by atoms with van der Waals surface area (Å²) in [5.41, 5.74) is 0.714. The van der Waals surface area contributed by atoms with E-state index in [1.165, 1.54) is 0 Å². The van der Waals surface area contributed by atoms with E-state index in [-0.39, 0.29) is 6.04 Å². The fraction of sp³-hybridized carbons (Fsp3) is 0.429. The highest BCUT2D eigenvalue weighted by Gasteiger charge is 2.30. The Hall–Kier alpha value is -1.33. The van der Waals surface area contributed by atoms with Crippen molar-refractivity contribution >= 4 is 21.0 Å². The number of hydrogen-bond donors (Lipinski definition) is 0. The minimum atomic E-state index is -3.39. The third kappa shape index (κ3) is 2.17. The molecule has 2 aromatic rings. The van der Waals surface area contributed by atoms with Gasteiger partial charge in [0.1, 0.15) is 5.58 Å². The zero-order chi connectivity index (χ0) is 13.5. The van der Waals surface area contributed by atoms with Crippen molar-refractivity contribution in [3.63, 3.8) is 0 Å². The highest BCUT2D eigenvalue weighted by molar-refractivity contribution is 7.89. The van der Waals surface area contributed by atoms with Gasteiger partial charge in [-0.05, 0) is 44.0 Å². The number of nitrogens with zero attached hydrogens (tertiary/aromatic N) is 1. The number of sulfonamides is 1. The molecule has 1 fully saturated rings. The number of rotatable bonds is 2. The molecule has 3 rings (SSSR count). The lowest BCUT2D eigenvalue weighted by molar-refractivity contribution is 0.268. The van der Waals surface area contributed by atoms with Gasteiger partial charge in [-0.1, -0.05) is 6.42 Å². The molecule has 0 aliphatic carbocycles. The number of piperidine rings is 1. The molecule has 0 N–H and O–H groups in total. The van der Waals surface area contributed by atoms with Gasteiger partial charge in [-0.2, -0.15) is 4.31 Å². The summed E-state index contributed by atoms with van der Waals surface area (Å²) >= 11 is 0. The van der Waals surface area contributed by atoms with Gasteiger partial charge in [-0.15, -0.1) is 0 Å². The van der Waals surface area contributed by atoms with Gasteiger partial charge in [0.05, 0.1) is 11.2 Å². The Labute approximate surface area is 113 Å². The highest BCUT2D eigenvalue weighted by Crippen LogP contribution is 2.27. The van der Waals surface area contributed by atoms with Gasteiger partial charge in [0.25, 0.3) is 0 Å². The normalized spacial score (nSPS) is 21.8. The molecular formula is C14H17NO3S. The van der Waals surface area contributed by atoms with E-state index in [0.29, 0.717) is 17.0 Å². The van der Waals surface area contributed by atoms with Crippen LogP contribution in [0, 0.1) is 0 Å². The molecule has 4 nitrogen and oxygen atoms in total. The molecule has 5 heteroatoms. The first-order valence-electron chi connectivity index (χ1n) is 6.58. The van der Waals surface area contributed by atoms with Crippen molar-refractivity contribution in [2.45, 2.75) is 37.1 Å². The Morgan fingerprint density at radius 3 is 2.89 bits per heavy atom. The number of furan rings is 1. The average Bonchev–Trinajstić information content (AvgIpc) is 2.86. The second-order valence-electron chi connectivity index (χ2n) is 5.08. The lowest BCUT2D eigenvalue weighted by Crippen LogP contribution is -2.41. The van der Waals surface area contributed by atoms with Crippen LogP contribution in [-0.4, -0.2) is 25.3 Å². The SMILES string of the molecule is CC1CCCCN1S(=O)(=O)c1ccc2occc2c1. The average molecular weight is 279 g/mol. The molecule has 0 bridgehead atoms. The summed E-state index contributed by atoms with van der Waals surface area (Å²) in [6.07, 6.45) is 4.56. The largest absolute Gasteiger partial charge is 0.464 e. The standard InChI is InChI=1S/C14H17NO3S/c1-11-4-2-3-8-15(11)19(16,17)13-5-6-14-12(10-13)7-9-18-14/h5-7,9-11H,2-4,8H2,1H3. The van der Waals surface area contributed by atoms with Crippen LogP contribution in [0.4, 0.5) is 0 Å². The van der Waals surface area contributed by atoms with Crippen LogP contribution in [0.1, 0.15) is 26.2 Å². The van der Waals surface area contributed by atoms with Gasteiger partial charge >= 0.3 is 0 Å². The molecule has 1 saturated heterocycles. The van der Waals surface area contributed by atoms with Crippen LogP contribution < -0.4 is 0 Å². The Kier molecular flexibility index (Phi) is 3.11. The van der Waals surface area contributed by atoms with Gasteiger partial charge in [0.2, 0.25) is 10.0 Å². The molecule has 1 aliphatic heterocycles. The Morgan fingerprint density at radius 1 is 1.26 bits per heavy atom. The van der Waals surface area contributed by atoms with E-state index in [0.717, 1.165) is 24.6 Å². The number of benzene rings is 1. The van der Waals surface area contributed by atoms with E-state index in [9.17, 15) is 8.42 Å². The van der Waals surface area contributed by atoms with Gasteiger partial charge in [0, 0.05) is 18.0 Å². The van der Waals surface area contributed by atoms with Crippen molar-refractivity contribution in [1.82, 2.24) is 4.31 Å². The molecule has 1 aliphatic rings. The zero-order valence-corrected chi connectivity index (χ0v) is 11.7. The molecule has 1 aromatic heterocycles. The smallest absolute Gasteiger partial charge is 0.243 e. The summed E-state index contributed by atoms with van der Waals surface area (Å²) in [6, 6.07) is 6.90. The van der Waals surface area contributed by atoms with Gasteiger partial charge in [-0.3, -0.25) is 0 Å². The van der Waals surface area contributed by atoms with Crippen LogP contribution in [0.5, 0.6) is 0 Å². The molecule has 1 atom stereocenters. The van der Waals surface area contributed by atoms with Gasteiger partial charge in [-0.25, -0.2) is 8.42 Å². The van der Waals surface area contributed by atoms with E-state index in [1.807, 2.05) is 6.92 Å². The van der Waals surface area contributed by atoms with Crippen LogP contribution >= 0.6 is 0 Å². The van der Waals surface area contributed by atoms with E-state index in [4.69, 9.17) is 4.42 Å². The number of hydrogen-bond acceptors (Lipinski definition) is 3. The highest BCUT2D eigenvalue weighted by atomic mass is 32.2. The topological polar surface area (TPSA) is 50.5 Å². The summed E-state index contributed by atoms with van der Waals surface area (Å²) in [7, 11) is -3.39. The molecule has 0 spiro atoms. The van der Waals surface area contributed by atoms with E-state index in [1.54, 1.807) is 34.8 Å². The lowest BCUT2D eigenvalue weighted by atomic mass is 10.1.